The molecule has 0 aliphatic carbocycles. The molecule has 0 heterocycles. The molecule has 1 aromatic rings. The number of amides is 2. The van der Waals surface area contributed by atoms with Crippen molar-refractivity contribution >= 4 is 17.8 Å². The molecular weight excluding hydrogens is 264 g/mol. The number of nitrogens with one attached hydrogen (secondary N) is 1. The maximum absolute atomic E-state index is 12.0. The number of carboxylic acids is 1. The van der Waals surface area contributed by atoms with E-state index in [2.05, 4.69) is 5.32 Å². The average Bonchev–Trinajstić information content (AvgIpc) is 2.38. The standard InChI is InChI=1S/C13H16N2O5/c1-2-20-10-6-4-3-5-8(10)12(17)15-9(13(18)19)7-11(14)16/h3-6,9H,2,7H2,1H3,(H2,14,16)(H,15,17)(H,18,19)/t9-/m1/s1. The Morgan fingerprint density at radius 1 is 1.35 bits per heavy atom. The van der Waals surface area contributed by atoms with Crippen LogP contribution in [0.1, 0.15) is 23.7 Å². The van der Waals surface area contributed by atoms with Crippen molar-refractivity contribution in [2.75, 3.05) is 6.61 Å². The molecule has 0 aliphatic rings. The Morgan fingerprint density at radius 3 is 2.55 bits per heavy atom. The molecule has 0 radical (unpaired) electrons. The molecule has 0 spiro atoms. The van der Waals surface area contributed by atoms with Gasteiger partial charge in [0.25, 0.3) is 5.91 Å². The summed E-state index contributed by atoms with van der Waals surface area (Å²) in [6.45, 7) is 2.13. The summed E-state index contributed by atoms with van der Waals surface area (Å²) in [6.07, 6.45) is -0.474. The van der Waals surface area contributed by atoms with Crippen LogP contribution in [0, 0.1) is 0 Å². The fourth-order valence-electron chi connectivity index (χ4n) is 1.57. The van der Waals surface area contributed by atoms with E-state index in [9.17, 15) is 14.4 Å². The zero-order chi connectivity index (χ0) is 15.1. The van der Waals surface area contributed by atoms with Crippen LogP contribution in [-0.2, 0) is 9.59 Å². The minimum absolute atomic E-state index is 0.199. The lowest BCUT2D eigenvalue weighted by molar-refractivity contribution is -0.140. The molecule has 4 N–H and O–H groups in total. The van der Waals surface area contributed by atoms with E-state index in [1.165, 1.54) is 6.07 Å². The third kappa shape index (κ3) is 4.27. The molecule has 1 rings (SSSR count). The van der Waals surface area contributed by atoms with E-state index in [-0.39, 0.29) is 5.56 Å². The highest BCUT2D eigenvalue weighted by Crippen LogP contribution is 2.17. The minimum atomic E-state index is -1.37. The van der Waals surface area contributed by atoms with Crippen LogP contribution in [0.4, 0.5) is 0 Å². The summed E-state index contributed by atoms with van der Waals surface area (Å²) in [5, 5.41) is 11.2. The second-order valence-corrected chi connectivity index (χ2v) is 3.96. The third-order valence-corrected chi connectivity index (χ3v) is 2.44. The van der Waals surface area contributed by atoms with Crippen LogP contribution in [-0.4, -0.2) is 35.5 Å². The number of hydrogen-bond acceptors (Lipinski definition) is 4. The molecule has 108 valence electrons. The van der Waals surface area contributed by atoms with Crippen LogP contribution >= 0.6 is 0 Å². The highest BCUT2D eigenvalue weighted by Gasteiger charge is 2.24. The van der Waals surface area contributed by atoms with Gasteiger partial charge in [-0.1, -0.05) is 12.1 Å². The number of para-hydroxylation sites is 1. The molecule has 2 amide bonds. The molecule has 20 heavy (non-hydrogen) atoms. The Morgan fingerprint density at radius 2 is 2.00 bits per heavy atom. The first-order valence-corrected chi connectivity index (χ1v) is 5.99. The molecule has 0 aliphatic heterocycles. The molecule has 7 nitrogen and oxygen atoms in total. The van der Waals surface area contributed by atoms with Crippen molar-refractivity contribution in [2.24, 2.45) is 5.73 Å². The van der Waals surface area contributed by atoms with Crippen molar-refractivity contribution < 1.29 is 24.2 Å². The Kier molecular flexibility index (Phi) is 5.52. The second-order valence-electron chi connectivity index (χ2n) is 3.96. The first kappa shape index (κ1) is 15.5. The zero-order valence-electron chi connectivity index (χ0n) is 11.0. The quantitative estimate of drug-likeness (QED) is 0.656. The summed E-state index contributed by atoms with van der Waals surface area (Å²) in [6, 6.07) is 5.06. The normalized spacial score (nSPS) is 11.4. The second kappa shape index (κ2) is 7.13. The summed E-state index contributed by atoms with van der Waals surface area (Å²) in [5.74, 6) is -2.43. The SMILES string of the molecule is CCOc1ccccc1C(=O)N[C@H](CC(N)=O)C(=O)O. The molecule has 0 fully saturated rings. The molecular formula is C13H16N2O5. The predicted octanol–water partition coefficient (Wildman–Crippen LogP) is 0.144. The number of aliphatic carboxylic acids is 1. The molecule has 7 heteroatoms. The Bertz CT molecular complexity index is 515. The van der Waals surface area contributed by atoms with E-state index < -0.39 is 30.2 Å². The van der Waals surface area contributed by atoms with Gasteiger partial charge in [-0.15, -0.1) is 0 Å². The van der Waals surface area contributed by atoms with Gasteiger partial charge in [0.15, 0.2) is 0 Å². The van der Waals surface area contributed by atoms with Crippen molar-refractivity contribution in [3.05, 3.63) is 29.8 Å². The van der Waals surface area contributed by atoms with Crippen molar-refractivity contribution in [2.45, 2.75) is 19.4 Å². The van der Waals surface area contributed by atoms with Gasteiger partial charge in [0.1, 0.15) is 11.8 Å². The summed E-state index contributed by atoms with van der Waals surface area (Å²) in [7, 11) is 0. The van der Waals surface area contributed by atoms with Gasteiger partial charge < -0.3 is 20.9 Å². The summed E-state index contributed by atoms with van der Waals surface area (Å²) >= 11 is 0. The van der Waals surface area contributed by atoms with E-state index in [1.807, 2.05) is 0 Å². The fourth-order valence-corrected chi connectivity index (χ4v) is 1.57. The molecule has 0 saturated heterocycles. The molecule has 0 bridgehead atoms. The largest absolute Gasteiger partial charge is 0.493 e. The molecule has 0 aromatic heterocycles. The van der Waals surface area contributed by atoms with Gasteiger partial charge in [0.2, 0.25) is 5.91 Å². The van der Waals surface area contributed by atoms with Gasteiger partial charge in [0, 0.05) is 0 Å². The topological polar surface area (TPSA) is 119 Å². The van der Waals surface area contributed by atoms with Crippen molar-refractivity contribution in [1.29, 1.82) is 0 Å². The smallest absolute Gasteiger partial charge is 0.326 e. The van der Waals surface area contributed by atoms with Crippen LogP contribution < -0.4 is 15.8 Å². The number of benzene rings is 1. The lowest BCUT2D eigenvalue weighted by atomic mass is 10.1. The predicted molar refractivity (Wildman–Crippen MR) is 70.3 cm³/mol. The van der Waals surface area contributed by atoms with Gasteiger partial charge in [0.05, 0.1) is 18.6 Å². The average molecular weight is 280 g/mol. The van der Waals surface area contributed by atoms with E-state index in [0.717, 1.165) is 0 Å². The van der Waals surface area contributed by atoms with Crippen LogP contribution in [0.5, 0.6) is 5.75 Å². The molecule has 1 aromatic carbocycles. The Labute approximate surface area is 115 Å². The monoisotopic (exact) mass is 280 g/mol. The molecule has 0 unspecified atom stereocenters. The minimum Gasteiger partial charge on any atom is -0.493 e. The van der Waals surface area contributed by atoms with Gasteiger partial charge in [-0.2, -0.15) is 0 Å². The van der Waals surface area contributed by atoms with Gasteiger partial charge in [-0.3, -0.25) is 9.59 Å². The van der Waals surface area contributed by atoms with Crippen LogP contribution in [0.25, 0.3) is 0 Å². The first-order valence-electron chi connectivity index (χ1n) is 5.99. The molecule has 0 saturated carbocycles. The van der Waals surface area contributed by atoms with Gasteiger partial charge in [-0.25, -0.2) is 4.79 Å². The van der Waals surface area contributed by atoms with Crippen LogP contribution in [0.3, 0.4) is 0 Å². The maximum Gasteiger partial charge on any atom is 0.326 e. The number of nitrogens with two attached hydrogens (primary N) is 1. The van der Waals surface area contributed by atoms with E-state index in [4.69, 9.17) is 15.6 Å². The van der Waals surface area contributed by atoms with E-state index in [0.29, 0.717) is 12.4 Å². The maximum atomic E-state index is 12.0. The van der Waals surface area contributed by atoms with Gasteiger partial charge >= 0.3 is 5.97 Å². The number of carbonyl (C=O) groups excluding carboxylic acids is 2. The Balaban J connectivity index is 2.88. The summed E-state index contributed by atoms with van der Waals surface area (Å²) in [5.41, 5.74) is 5.14. The van der Waals surface area contributed by atoms with E-state index in [1.54, 1.807) is 25.1 Å². The zero-order valence-corrected chi connectivity index (χ0v) is 11.0. The van der Waals surface area contributed by atoms with E-state index >= 15 is 0 Å². The third-order valence-electron chi connectivity index (χ3n) is 2.44. The Hall–Kier alpha value is -2.57. The lowest BCUT2D eigenvalue weighted by Crippen LogP contribution is -2.43. The number of primary amides is 1. The summed E-state index contributed by atoms with van der Waals surface area (Å²) in [4.78, 5) is 33.8. The van der Waals surface area contributed by atoms with Crippen LogP contribution in [0.15, 0.2) is 24.3 Å². The van der Waals surface area contributed by atoms with Crippen molar-refractivity contribution in [3.63, 3.8) is 0 Å². The summed E-state index contributed by atoms with van der Waals surface area (Å²) < 4.78 is 5.28. The number of carbonyl (C=O) groups is 3. The number of carboxylic acid groups (broad SMARTS) is 1. The highest BCUT2D eigenvalue weighted by atomic mass is 16.5. The number of ether oxygens (including phenoxy) is 1. The lowest BCUT2D eigenvalue weighted by Gasteiger charge is -2.14. The fraction of sp³-hybridized carbons (Fsp3) is 0.308. The first-order chi connectivity index (χ1) is 9.45. The van der Waals surface area contributed by atoms with Crippen molar-refractivity contribution in [3.8, 4) is 5.75 Å². The van der Waals surface area contributed by atoms with Gasteiger partial charge in [-0.05, 0) is 19.1 Å². The highest BCUT2D eigenvalue weighted by molar-refractivity contribution is 5.99. The van der Waals surface area contributed by atoms with Crippen molar-refractivity contribution in [1.82, 2.24) is 5.32 Å². The number of hydrogen-bond donors (Lipinski definition) is 3. The van der Waals surface area contributed by atoms with Crippen LogP contribution in [0.2, 0.25) is 0 Å². The number of rotatable bonds is 7. The molecule has 1 atom stereocenters.